The Balaban J connectivity index is 2.12. The topological polar surface area (TPSA) is 32.3 Å². The molecule has 3 heteroatoms. The molecule has 1 rings (SSSR count). The fourth-order valence-corrected chi connectivity index (χ4v) is 1.67. The summed E-state index contributed by atoms with van der Waals surface area (Å²) in [4.78, 5) is 12.9. The van der Waals surface area contributed by atoms with Crippen LogP contribution in [0.25, 0.3) is 0 Å². The molecule has 3 nitrogen and oxygen atoms in total. The molecule has 1 atom stereocenters. The smallest absolute Gasteiger partial charge is 0.219 e. The van der Waals surface area contributed by atoms with Gasteiger partial charge in [-0.3, -0.25) is 4.79 Å². The van der Waals surface area contributed by atoms with Crippen molar-refractivity contribution in [1.82, 2.24) is 10.2 Å². The molecule has 1 heterocycles. The lowest BCUT2D eigenvalue weighted by Crippen LogP contribution is -2.50. The summed E-state index contributed by atoms with van der Waals surface area (Å²) in [5.41, 5.74) is 0. The summed E-state index contributed by atoms with van der Waals surface area (Å²) in [6.45, 7) is 3.69. The minimum atomic E-state index is 0.232. The Hall–Kier alpha value is -0.570. The third-order valence-electron chi connectivity index (χ3n) is 2.51. The fraction of sp³-hybridized carbons (Fsp3) is 0.889. The van der Waals surface area contributed by atoms with Gasteiger partial charge < -0.3 is 10.2 Å². The molecule has 0 aromatic heterocycles. The number of hydrogen-bond donors (Lipinski definition) is 1. The van der Waals surface area contributed by atoms with Gasteiger partial charge >= 0.3 is 0 Å². The zero-order valence-corrected chi connectivity index (χ0v) is 7.97. The number of nitrogens with zero attached hydrogens (tertiary/aromatic N) is 1. The van der Waals surface area contributed by atoms with Gasteiger partial charge in [-0.25, -0.2) is 0 Å². The van der Waals surface area contributed by atoms with Crippen molar-refractivity contribution in [2.24, 2.45) is 0 Å². The van der Waals surface area contributed by atoms with Crippen LogP contribution in [-0.2, 0) is 4.79 Å². The van der Waals surface area contributed by atoms with E-state index in [1.165, 1.54) is 12.8 Å². The van der Waals surface area contributed by atoms with Crippen molar-refractivity contribution in [3.63, 3.8) is 0 Å². The van der Waals surface area contributed by atoms with E-state index in [0.29, 0.717) is 6.04 Å². The van der Waals surface area contributed by atoms with Crippen LogP contribution < -0.4 is 5.32 Å². The van der Waals surface area contributed by atoms with E-state index >= 15 is 0 Å². The molecule has 0 bridgehead atoms. The van der Waals surface area contributed by atoms with Crippen LogP contribution in [0.2, 0.25) is 0 Å². The van der Waals surface area contributed by atoms with Crippen LogP contribution in [-0.4, -0.2) is 37.0 Å². The molecule has 0 aromatic rings. The predicted octanol–water partition coefficient (Wildman–Crippen LogP) is 0.607. The van der Waals surface area contributed by atoms with E-state index in [4.69, 9.17) is 0 Å². The highest BCUT2D eigenvalue weighted by atomic mass is 16.2. The monoisotopic (exact) mass is 170 g/mol. The second-order valence-electron chi connectivity index (χ2n) is 3.40. The largest absolute Gasteiger partial charge is 0.340 e. The minimum absolute atomic E-state index is 0.232. The normalized spacial score (nSPS) is 22.2. The molecule has 1 amide bonds. The second-order valence-corrected chi connectivity index (χ2v) is 3.40. The maximum absolute atomic E-state index is 11.0. The second kappa shape index (κ2) is 4.45. The third kappa shape index (κ3) is 2.21. The van der Waals surface area contributed by atoms with E-state index < -0.39 is 0 Å². The van der Waals surface area contributed by atoms with Crippen LogP contribution in [0.3, 0.4) is 0 Å². The van der Waals surface area contributed by atoms with E-state index in [9.17, 15) is 4.79 Å². The summed E-state index contributed by atoms with van der Waals surface area (Å²) in [7, 11) is 1.96. The Morgan fingerprint density at radius 3 is 2.83 bits per heavy atom. The van der Waals surface area contributed by atoms with Gasteiger partial charge in [0.05, 0.1) is 0 Å². The highest BCUT2D eigenvalue weighted by Gasteiger charge is 2.28. The minimum Gasteiger partial charge on any atom is -0.340 e. The molecular formula is C9H18N2O. The lowest BCUT2D eigenvalue weighted by atomic mass is 9.98. The van der Waals surface area contributed by atoms with Gasteiger partial charge in [0, 0.05) is 19.5 Å². The van der Waals surface area contributed by atoms with Crippen LogP contribution in [0.15, 0.2) is 0 Å². The van der Waals surface area contributed by atoms with E-state index in [0.717, 1.165) is 19.5 Å². The molecule has 1 aliphatic rings. The SMILES string of the molecule is CNCCCC1CCN1C(C)=O. The first-order valence-electron chi connectivity index (χ1n) is 4.67. The third-order valence-corrected chi connectivity index (χ3v) is 2.51. The molecular weight excluding hydrogens is 152 g/mol. The quantitative estimate of drug-likeness (QED) is 0.627. The highest BCUT2D eigenvalue weighted by Crippen LogP contribution is 2.21. The summed E-state index contributed by atoms with van der Waals surface area (Å²) < 4.78 is 0. The van der Waals surface area contributed by atoms with E-state index in [1.807, 2.05) is 11.9 Å². The van der Waals surface area contributed by atoms with Crippen molar-refractivity contribution in [2.45, 2.75) is 32.2 Å². The van der Waals surface area contributed by atoms with Crippen LogP contribution in [0.1, 0.15) is 26.2 Å². The Labute approximate surface area is 74.1 Å². The average molecular weight is 170 g/mol. The number of likely N-dealkylation sites (tertiary alicyclic amines) is 1. The molecule has 1 aliphatic heterocycles. The summed E-state index contributed by atoms with van der Waals surface area (Å²) in [6.07, 6.45) is 3.52. The number of hydrogen-bond acceptors (Lipinski definition) is 2. The first-order chi connectivity index (χ1) is 5.75. The van der Waals surface area contributed by atoms with Gasteiger partial charge in [0.1, 0.15) is 0 Å². The summed E-state index contributed by atoms with van der Waals surface area (Å²) >= 11 is 0. The average Bonchev–Trinajstić information content (AvgIpc) is 1.94. The zero-order chi connectivity index (χ0) is 8.97. The zero-order valence-electron chi connectivity index (χ0n) is 7.97. The van der Waals surface area contributed by atoms with Crippen molar-refractivity contribution in [3.05, 3.63) is 0 Å². The van der Waals surface area contributed by atoms with Gasteiger partial charge in [-0.15, -0.1) is 0 Å². The van der Waals surface area contributed by atoms with Gasteiger partial charge in [-0.2, -0.15) is 0 Å². The van der Waals surface area contributed by atoms with Gasteiger partial charge in [-0.1, -0.05) is 0 Å². The highest BCUT2D eigenvalue weighted by molar-refractivity contribution is 5.74. The van der Waals surface area contributed by atoms with Crippen LogP contribution >= 0.6 is 0 Å². The van der Waals surface area contributed by atoms with Crippen LogP contribution in [0.4, 0.5) is 0 Å². The molecule has 12 heavy (non-hydrogen) atoms. The van der Waals surface area contributed by atoms with Crippen molar-refractivity contribution >= 4 is 5.91 Å². The Bertz CT molecular complexity index is 159. The molecule has 1 N–H and O–H groups in total. The summed E-state index contributed by atoms with van der Waals surface area (Å²) in [5, 5.41) is 3.11. The number of carbonyl (C=O) groups excluding carboxylic acids is 1. The molecule has 70 valence electrons. The standard InChI is InChI=1S/C9H18N2O/c1-8(12)11-7-5-9(11)4-3-6-10-2/h9-10H,3-7H2,1-2H3. The molecule has 1 fully saturated rings. The molecule has 0 saturated carbocycles. The van der Waals surface area contributed by atoms with E-state index in [1.54, 1.807) is 6.92 Å². The van der Waals surface area contributed by atoms with Gasteiger partial charge in [0.25, 0.3) is 0 Å². The van der Waals surface area contributed by atoms with E-state index in [-0.39, 0.29) is 5.91 Å². The summed E-state index contributed by atoms with van der Waals surface area (Å²) in [6, 6.07) is 0.538. The number of rotatable bonds is 4. The fourth-order valence-electron chi connectivity index (χ4n) is 1.67. The molecule has 1 unspecified atom stereocenters. The Morgan fingerprint density at radius 1 is 1.67 bits per heavy atom. The molecule has 0 radical (unpaired) electrons. The van der Waals surface area contributed by atoms with Crippen molar-refractivity contribution in [1.29, 1.82) is 0 Å². The maximum Gasteiger partial charge on any atom is 0.219 e. The van der Waals surface area contributed by atoms with Gasteiger partial charge in [-0.05, 0) is 32.9 Å². The van der Waals surface area contributed by atoms with Crippen molar-refractivity contribution in [2.75, 3.05) is 20.1 Å². The van der Waals surface area contributed by atoms with E-state index in [2.05, 4.69) is 5.32 Å². The maximum atomic E-state index is 11.0. The number of nitrogens with one attached hydrogen (secondary N) is 1. The van der Waals surface area contributed by atoms with Gasteiger partial charge in [0.2, 0.25) is 5.91 Å². The Kier molecular flexibility index (Phi) is 3.53. The Morgan fingerprint density at radius 2 is 2.42 bits per heavy atom. The lowest BCUT2D eigenvalue weighted by Gasteiger charge is -2.40. The first-order valence-corrected chi connectivity index (χ1v) is 4.67. The van der Waals surface area contributed by atoms with Crippen molar-refractivity contribution in [3.8, 4) is 0 Å². The first kappa shape index (κ1) is 9.52. The molecule has 0 aliphatic carbocycles. The van der Waals surface area contributed by atoms with Gasteiger partial charge in [0.15, 0.2) is 0 Å². The van der Waals surface area contributed by atoms with Crippen LogP contribution in [0.5, 0.6) is 0 Å². The predicted molar refractivity (Wildman–Crippen MR) is 49.0 cm³/mol. The molecule has 0 aromatic carbocycles. The number of carbonyl (C=O) groups is 1. The lowest BCUT2D eigenvalue weighted by molar-refractivity contribution is -0.136. The van der Waals surface area contributed by atoms with Crippen molar-refractivity contribution < 1.29 is 4.79 Å². The molecule has 1 saturated heterocycles. The van der Waals surface area contributed by atoms with Crippen LogP contribution in [0, 0.1) is 0 Å². The molecule has 0 spiro atoms. The summed E-state index contributed by atoms with van der Waals surface area (Å²) in [5.74, 6) is 0.232. The number of amides is 1.